The lowest BCUT2D eigenvalue weighted by Gasteiger charge is -2.28. The fraction of sp³-hybridized carbons (Fsp3) is 0.900. The number of urea groups is 1. The van der Waals surface area contributed by atoms with Crippen LogP contribution in [-0.4, -0.2) is 17.6 Å². The minimum atomic E-state index is -0.0427. The van der Waals surface area contributed by atoms with E-state index in [1.807, 2.05) is 0 Å². The largest absolute Gasteiger partial charge is 0.335 e. The predicted molar refractivity (Wildman–Crippen MR) is 53.7 cm³/mol. The van der Waals surface area contributed by atoms with Crippen LogP contribution in [0.4, 0.5) is 4.79 Å². The molecule has 0 aromatic heterocycles. The Kier molecular flexibility index (Phi) is 3.17. The fourth-order valence-corrected chi connectivity index (χ4v) is 1.15. The summed E-state index contributed by atoms with van der Waals surface area (Å²) >= 11 is 0. The first kappa shape index (κ1) is 10.4. The summed E-state index contributed by atoms with van der Waals surface area (Å²) in [6.45, 7) is 6.28. The SMILES string of the molecule is CCC(C)(CC)NC(=O)NC1CC1. The molecule has 0 atom stereocenters. The summed E-state index contributed by atoms with van der Waals surface area (Å²) in [6, 6.07) is 0.437. The Hall–Kier alpha value is -0.730. The molecule has 1 aliphatic carbocycles. The van der Waals surface area contributed by atoms with Crippen molar-refractivity contribution in [3.63, 3.8) is 0 Å². The van der Waals surface area contributed by atoms with Crippen LogP contribution in [-0.2, 0) is 0 Å². The maximum atomic E-state index is 11.4. The molecule has 3 nitrogen and oxygen atoms in total. The van der Waals surface area contributed by atoms with Gasteiger partial charge in [0.25, 0.3) is 0 Å². The van der Waals surface area contributed by atoms with Crippen LogP contribution in [0.1, 0.15) is 46.5 Å². The maximum absolute atomic E-state index is 11.4. The van der Waals surface area contributed by atoms with Gasteiger partial charge in [-0.1, -0.05) is 13.8 Å². The monoisotopic (exact) mass is 184 g/mol. The Morgan fingerprint density at radius 1 is 1.38 bits per heavy atom. The molecule has 0 unspecified atom stereocenters. The molecule has 2 amide bonds. The molecule has 13 heavy (non-hydrogen) atoms. The van der Waals surface area contributed by atoms with E-state index in [4.69, 9.17) is 0 Å². The van der Waals surface area contributed by atoms with Crippen LogP contribution in [0.25, 0.3) is 0 Å². The zero-order valence-electron chi connectivity index (χ0n) is 8.81. The average molecular weight is 184 g/mol. The van der Waals surface area contributed by atoms with Crippen LogP contribution >= 0.6 is 0 Å². The number of hydrogen-bond acceptors (Lipinski definition) is 1. The van der Waals surface area contributed by atoms with Gasteiger partial charge < -0.3 is 10.6 Å². The number of amides is 2. The molecule has 0 heterocycles. The molecule has 3 heteroatoms. The minimum Gasteiger partial charge on any atom is -0.335 e. The van der Waals surface area contributed by atoms with Crippen molar-refractivity contribution >= 4 is 6.03 Å². The standard InChI is InChI=1S/C10H20N2O/c1-4-10(3,5-2)12-9(13)11-8-6-7-8/h8H,4-7H2,1-3H3,(H2,11,12,13). The van der Waals surface area contributed by atoms with E-state index in [0.717, 1.165) is 25.7 Å². The summed E-state index contributed by atoms with van der Waals surface area (Å²) in [7, 11) is 0. The van der Waals surface area contributed by atoms with Crippen molar-refractivity contribution in [2.45, 2.75) is 58.0 Å². The van der Waals surface area contributed by atoms with Gasteiger partial charge in [-0.2, -0.15) is 0 Å². The summed E-state index contributed by atoms with van der Waals surface area (Å²) in [4.78, 5) is 11.4. The highest BCUT2D eigenvalue weighted by molar-refractivity contribution is 5.75. The molecule has 0 aliphatic heterocycles. The molecule has 2 N–H and O–H groups in total. The molecule has 0 saturated heterocycles. The minimum absolute atomic E-state index is 0.00583. The average Bonchev–Trinajstić information content (AvgIpc) is 2.88. The zero-order chi connectivity index (χ0) is 9.90. The lowest BCUT2D eigenvalue weighted by molar-refractivity contribution is 0.224. The molecule has 0 spiro atoms. The smallest absolute Gasteiger partial charge is 0.315 e. The van der Waals surface area contributed by atoms with Crippen LogP contribution < -0.4 is 10.6 Å². The second-order valence-corrected chi connectivity index (χ2v) is 4.14. The third-order valence-corrected chi connectivity index (χ3v) is 2.89. The quantitative estimate of drug-likeness (QED) is 0.689. The van der Waals surface area contributed by atoms with E-state index in [-0.39, 0.29) is 11.6 Å². The van der Waals surface area contributed by atoms with Crippen molar-refractivity contribution in [1.82, 2.24) is 10.6 Å². The van der Waals surface area contributed by atoms with Crippen molar-refractivity contribution in [2.75, 3.05) is 0 Å². The van der Waals surface area contributed by atoms with Gasteiger partial charge in [-0.25, -0.2) is 4.79 Å². The zero-order valence-corrected chi connectivity index (χ0v) is 8.81. The summed E-state index contributed by atoms with van der Waals surface area (Å²) in [5.74, 6) is 0. The van der Waals surface area contributed by atoms with Crippen molar-refractivity contribution in [2.24, 2.45) is 0 Å². The summed E-state index contributed by atoms with van der Waals surface area (Å²) in [5, 5.41) is 5.94. The van der Waals surface area contributed by atoms with Gasteiger partial charge in [0.05, 0.1) is 0 Å². The molecule has 1 saturated carbocycles. The van der Waals surface area contributed by atoms with Crippen LogP contribution in [0.15, 0.2) is 0 Å². The number of rotatable bonds is 4. The first-order valence-corrected chi connectivity index (χ1v) is 5.18. The maximum Gasteiger partial charge on any atom is 0.315 e. The Labute approximate surface area is 80.3 Å². The summed E-state index contributed by atoms with van der Waals surface area (Å²) < 4.78 is 0. The van der Waals surface area contributed by atoms with Crippen LogP contribution in [0, 0.1) is 0 Å². The number of carbonyl (C=O) groups excluding carboxylic acids is 1. The predicted octanol–water partition coefficient (Wildman–Crippen LogP) is 2.03. The molecule has 0 aromatic carbocycles. The molecular weight excluding hydrogens is 164 g/mol. The highest BCUT2D eigenvalue weighted by Crippen LogP contribution is 2.19. The van der Waals surface area contributed by atoms with Crippen LogP contribution in [0.3, 0.4) is 0 Å². The molecule has 1 aliphatic rings. The molecule has 0 bridgehead atoms. The van der Waals surface area contributed by atoms with Gasteiger partial charge in [0.15, 0.2) is 0 Å². The topological polar surface area (TPSA) is 41.1 Å². The van der Waals surface area contributed by atoms with E-state index in [1.165, 1.54) is 0 Å². The molecule has 0 aromatic rings. The first-order valence-electron chi connectivity index (χ1n) is 5.18. The van der Waals surface area contributed by atoms with Crippen molar-refractivity contribution in [3.8, 4) is 0 Å². The molecule has 1 fully saturated rings. The number of nitrogens with one attached hydrogen (secondary N) is 2. The van der Waals surface area contributed by atoms with Crippen molar-refractivity contribution in [3.05, 3.63) is 0 Å². The van der Waals surface area contributed by atoms with E-state index < -0.39 is 0 Å². The molecule has 0 radical (unpaired) electrons. The highest BCUT2D eigenvalue weighted by atomic mass is 16.2. The highest BCUT2D eigenvalue weighted by Gasteiger charge is 2.27. The Bertz CT molecular complexity index is 183. The van der Waals surface area contributed by atoms with Gasteiger partial charge >= 0.3 is 6.03 Å². The van der Waals surface area contributed by atoms with Gasteiger partial charge in [-0.3, -0.25) is 0 Å². The lowest BCUT2D eigenvalue weighted by Crippen LogP contribution is -2.50. The van der Waals surface area contributed by atoms with Gasteiger partial charge in [0, 0.05) is 11.6 Å². The molecular formula is C10H20N2O. The first-order chi connectivity index (χ1) is 6.09. The van der Waals surface area contributed by atoms with E-state index in [9.17, 15) is 4.79 Å². The van der Waals surface area contributed by atoms with Gasteiger partial charge in [-0.15, -0.1) is 0 Å². The summed E-state index contributed by atoms with van der Waals surface area (Å²) in [6.07, 6.45) is 4.23. The molecule has 1 rings (SSSR count). The van der Waals surface area contributed by atoms with Crippen LogP contribution in [0.2, 0.25) is 0 Å². The fourth-order valence-electron chi connectivity index (χ4n) is 1.15. The summed E-state index contributed by atoms with van der Waals surface area (Å²) in [5.41, 5.74) is -0.0427. The second kappa shape index (κ2) is 3.99. The lowest BCUT2D eigenvalue weighted by atomic mass is 9.96. The normalized spacial score (nSPS) is 16.8. The Morgan fingerprint density at radius 3 is 2.31 bits per heavy atom. The van der Waals surface area contributed by atoms with Crippen LogP contribution in [0.5, 0.6) is 0 Å². The number of hydrogen-bond donors (Lipinski definition) is 2. The van der Waals surface area contributed by atoms with E-state index in [0.29, 0.717) is 6.04 Å². The third-order valence-electron chi connectivity index (χ3n) is 2.89. The van der Waals surface area contributed by atoms with Gasteiger partial charge in [0.1, 0.15) is 0 Å². The third kappa shape index (κ3) is 3.25. The van der Waals surface area contributed by atoms with Crippen molar-refractivity contribution in [1.29, 1.82) is 0 Å². The van der Waals surface area contributed by atoms with Gasteiger partial charge in [0.2, 0.25) is 0 Å². The van der Waals surface area contributed by atoms with E-state index in [1.54, 1.807) is 0 Å². The Morgan fingerprint density at radius 2 is 1.92 bits per heavy atom. The molecule has 76 valence electrons. The second-order valence-electron chi connectivity index (χ2n) is 4.14. The van der Waals surface area contributed by atoms with Crippen molar-refractivity contribution < 1.29 is 4.79 Å². The Balaban J connectivity index is 2.31. The number of carbonyl (C=O) groups is 1. The van der Waals surface area contributed by atoms with E-state index >= 15 is 0 Å². The van der Waals surface area contributed by atoms with Gasteiger partial charge in [-0.05, 0) is 32.6 Å². The van der Waals surface area contributed by atoms with E-state index in [2.05, 4.69) is 31.4 Å².